The van der Waals surface area contributed by atoms with Crippen LogP contribution in [0.25, 0.3) is 0 Å². The molecule has 1 rings (SSSR count). The van der Waals surface area contributed by atoms with Crippen molar-refractivity contribution in [2.24, 2.45) is 0 Å². The summed E-state index contributed by atoms with van der Waals surface area (Å²) in [6, 6.07) is 0. The van der Waals surface area contributed by atoms with Crippen LogP contribution in [-0.2, 0) is 11.3 Å². The Hall–Kier alpha value is -1.16. The molecule has 4 heteroatoms. The number of rotatable bonds is 2. The van der Waals surface area contributed by atoms with E-state index in [2.05, 4.69) is 10.7 Å². The Bertz CT molecular complexity index is 192. The lowest BCUT2D eigenvalue weighted by molar-refractivity contribution is -0.306. The number of carbonyl (C=O) groups excluding carboxylic acids is 1. The van der Waals surface area contributed by atoms with E-state index in [4.69, 9.17) is 0 Å². The molecule has 4 nitrogen and oxygen atoms in total. The summed E-state index contributed by atoms with van der Waals surface area (Å²) >= 11 is 0. The lowest BCUT2D eigenvalue weighted by Gasteiger charge is -1.90. The van der Waals surface area contributed by atoms with E-state index in [0.29, 0.717) is 6.54 Å². The van der Waals surface area contributed by atoms with E-state index in [1.54, 1.807) is 23.3 Å². The van der Waals surface area contributed by atoms with Gasteiger partial charge < -0.3 is 4.57 Å². The van der Waals surface area contributed by atoms with Crippen molar-refractivity contribution in [3.63, 3.8) is 0 Å². The van der Waals surface area contributed by atoms with Gasteiger partial charge in [0, 0.05) is 12.4 Å². The highest BCUT2D eigenvalue weighted by molar-refractivity contribution is 5.63. The van der Waals surface area contributed by atoms with E-state index in [0.717, 1.165) is 0 Å². The van der Waals surface area contributed by atoms with E-state index in [1.165, 1.54) is 0 Å². The van der Waals surface area contributed by atoms with E-state index < -0.39 is 0 Å². The predicted octanol–water partition coefficient (Wildman–Crippen LogP) is -1.35. The van der Waals surface area contributed by atoms with Crippen LogP contribution in [-0.4, -0.2) is 15.5 Å². The van der Waals surface area contributed by atoms with Gasteiger partial charge in [0.05, 0.1) is 6.33 Å². The van der Waals surface area contributed by atoms with Gasteiger partial charge >= 0.3 is 5.91 Å². The zero-order chi connectivity index (χ0) is 6.69. The molecular weight excluding hydrogens is 118 g/mol. The molecule has 0 aliphatic rings. The number of imidazole rings is 1. The fraction of sp³-hybridized carbons (Fsp3) is 0.200. The van der Waals surface area contributed by atoms with Crippen molar-refractivity contribution in [1.29, 1.82) is 0 Å². The van der Waals surface area contributed by atoms with Crippen LogP contribution in [0.15, 0.2) is 18.7 Å². The van der Waals surface area contributed by atoms with Crippen LogP contribution in [0.4, 0.5) is 0 Å². The van der Waals surface area contributed by atoms with Crippen molar-refractivity contribution in [3.05, 3.63) is 18.7 Å². The molecule has 0 spiro atoms. The third-order valence-corrected chi connectivity index (χ3v) is 0.918. The second-order valence-corrected chi connectivity index (χ2v) is 1.77. The zero-order valence-corrected chi connectivity index (χ0v) is 4.95. The van der Waals surface area contributed by atoms with Crippen molar-refractivity contribution in [2.45, 2.75) is 6.54 Å². The Morgan fingerprint density at radius 3 is 3.00 bits per heavy atom. The van der Waals surface area contributed by atoms with Gasteiger partial charge in [-0.25, -0.2) is 9.78 Å². The topological polar surface area (TPSA) is 62.5 Å². The van der Waals surface area contributed by atoms with Gasteiger partial charge in [0.25, 0.3) is 0 Å². The molecule has 0 bridgehead atoms. The lowest BCUT2D eigenvalue weighted by Crippen LogP contribution is -2.58. The van der Waals surface area contributed by atoms with E-state index in [9.17, 15) is 4.79 Å². The number of hydrogen-bond acceptors (Lipinski definition) is 2. The summed E-state index contributed by atoms with van der Waals surface area (Å²) in [5.41, 5.74) is 3.23. The molecule has 48 valence electrons. The van der Waals surface area contributed by atoms with Gasteiger partial charge in [-0.05, 0) is 0 Å². The van der Waals surface area contributed by atoms with Crippen LogP contribution in [0.3, 0.4) is 0 Å². The van der Waals surface area contributed by atoms with Gasteiger partial charge in [0.15, 0.2) is 0 Å². The van der Waals surface area contributed by atoms with Gasteiger partial charge in [-0.1, -0.05) is 0 Å². The number of nitrogens with zero attached hydrogens (tertiary/aromatic N) is 2. The first-order valence-corrected chi connectivity index (χ1v) is 2.59. The summed E-state index contributed by atoms with van der Waals surface area (Å²) in [7, 11) is 0. The van der Waals surface area contributed by atoms with Crippen molar-refractivity contribution in [1.82, 2.24) is 9.55 Å². The molecular formula is C5H8N3O+. The number of hydrogen-bond donors (Lipinski definition) is 1. The van der Waals surface area contributed by atoms with Crippen molar-refractivity contribution >= 4 is 5.91 Å². The predicted molar refractivity (Wildman–Crippen MR) is 30.1 cm³/mol. The first-order chi connectivity index (χ1) is 4.29. The minimum atomic E-state index is -0.104. The van der Waals surface area contributed by atoms with Crippen molar-refractivity contribution < 1.29 is 10.5 Å². The first kappa shape index (κ1) is 5.97. The van der Waals surface area contributed by atoms with Crippen molar-refractivity contribution in [2.75, 3.05) is 0 Å². The van der Waals surface area contributed by atoms with Gasteiger partial charge in [-0.2, -0.15) is 0 Å². The van der Waals surface area contributed by atoms with E-state index in [-0.39, 0.29) is 5.91 Å². The number of quaternary nitrogens is 1. The second kappa shape index (κ2) is 2.41. The van der Waals surface area contributed by atoms with Crippen LogP contribution < -0.4 is 5.73 Å². The fourth-order valence-corrected chi connectivity index (χ4v) is 0.584. The maximum Gasteiger partial charge on any atom is 0.328 e. The average molecular weight is 126 g/mol. The molecule has 0 saturated carbocycles. The largest absolute Gasteiger partial charge is 0.328 e. The normalized spacial score (nSPS) is 9.44. The Kier molecular flexibility index (Phi) is 1.60. The van der Waals surface area contributed by atoms with Gasteiger partial charge in [0.2, 0.25) is 0 Å². The molecule has 0 aliphatic carbocycles. The zero-order valence-electron chi connectivity index (χ0n) is 4.95. The van der Waals surface area contributed by atoms with Crippen LogP contribution >= 0.6 is 0 Å². The summed E-state index contributed by atoms with van der Waals surface area (Å²) in [5.74, 6) is -0.104. The van der Waals surface area contributed by atoms with Crippen LogP contribution in [0.1, 0.15) is 0 Å². The number of aromatic nitrogens is 2. The lowest BCUT2D eigenvalue weighted by atomic mass is 10.6. The van der Waals surface area contributed by atoms with Gasteiger partial charge in [0.1, 0.15) is 6.54 Å². The third kappa shape index (κ3) is 1.65. The summed E-state index contributed by atoms with van der Waals surface area (Å²) in [6.45, 7) is 0.319. The molecule has 9 heavy (non-hydrogen) atoms. The maximum absolute atomic E-state index is 10.4. The minimum absolute atomic E-state index is 0.104. The summed E-state index contributed by atoms with van der Waals surface area (Å²) in [6.07, 6.45) is 4.94. The van der Waals surface area contributed by atoms with Crippen LogP contribution in [0.5, 0.6) is 0 Å². The van der Waals surface area contributed by atoms with Crippen LogP contribution in [0, 0.1) is 0 Å². The monoisotopic (exact) mass is 126 g/mol. The summed E-state index contributed by atoms with van der Waals surface area (Å²) < 4.78 is 1.68. The minimum Gasteiger partial charge on any atom is -0.324 e. The van der Waals surface area contributed by atoms with E-state index >= 15 is 0 Å². The molecule has 0 radical (unpaired) electrons. The summed E-state index contributed by atoms with van der Waals surface area (Å²) in [4.78, 5) is 14.1. The molecule has 3 N–H and O–H groups in total. The van der Waals surface area contributed by atoms with Crippen molar-refractivity contribution in [3.8, 4) is 0 Å². The summed E-state index contributed by atoms with van der Waals surface area (Å²) in [5, 5.41) is 0. The Morgan fingerprint density at radius 1 is 1.78 bits per heavy atom. The first-order valence-electron chi connectivity index (χ1n) is 2.59. The molecule has 0 fully saturated rings. The molecule has 0 unspecified atom stereocenters. The smallest absolute Gasteiger partial charge is 0.324 e. The average Bonchev–Trinajstić information content (AvgIpc) is 2.15. The quantitative estimate of drug-likeness (QED) is 0.532. The molecule has 0 aromatic carbocycles. The molecule has 0 saturated heterocycles. The standard InChI is InChI=1S/C5H7N3O/c6-5(9)3-8-2-1-7-4-8/h1-2,4H,3H2,(H2,6,9)/p+1. The Morgan fingerprint density at radius 2 is 2.56 bits per heavy atom. The molecule has 0 aliphatic heterocycles. The molecule has 1 amide bonds. The molecule has 0 atom stereocenters. The molecule has 1 heterocycles. The van der Waals surface area contributed by atoms with Crippen LogP contribution in [0.2, 0.25) is 0 Å². The second-order valence-electron chi connectivity index (χ2n) is 1.77. The molecule has 1 aromatic heterocycles. The highest BCUT2D eigenvalue weighted by Crippen LogP contribution is 1.81. The maximum atomic E-state index is 10.4. The Balaban J connectivity index is 2.58. The fourth-order valence-electron chi connectivity index (χ4n) is 0.584. The number of carbonyl (C=O) groups is 1. The third-order valence-electron chi connectivity index (χ3n) is 0.918. The highest BCUT2D eigenvalue weighted by Gasteiger charge is 1.96. The SMILES string of the molecule is [NH3+]C(=O)Cn1ccnc1. The Labute approximate surface area is 52.3 Å². The number of amides is 1. The van der Waals surface area contributed by atoms with E-state index in [1.807, 2.05) is 0 Å². The van der Waals surface area contributed by atoms with Gasteiger partial charge in [-0.3, -0.25) is 5.73 Å². The van der Waals surface area contributed by atoms with Gasteiger partial charge in [-0.15, -0.1) is 0 Å². The highest BCUT2D eigenvalue weighted by atomic mass is 16.1. The molecule has 1 aromatic rings.